The number of primary amides is 1. The number of hydrogen-bond donors (Lipinski definition) is 1. The van der Waals surface area contributed by atoms with Gasteiger partial charge in [0.15, 0.2) is 6.04 Å². The van der Waals surface area contributed by atoms with Crippen LogP contribution in [0.3, 0.4) is 0 Å². The number of aryl methyl sites for hydroxylation is 1. The maximum Gasteiger partial charge on any atom is 0.246 e. The number of carbonyl (C=O) groups excluding carboxylic acids is 1. The molecule has 2 aromatic carbocycles. The Hall–Kier alpha value is -2.69. The van der Waals surface area contributed by atoms with Crippen LogP contribution in [0, 0.1) is 6.92 Å². The minimum atomic E-state index is -0.649. The highest BCUT2D eigenvalue weighted by atomic mass is 16.1. The average molecular weight is 266 g/mol. The van der Waals surface area contributed by atoms with Crippen molar-refractivity contribution in [3.8, 4) is 0 Å². The molecule has 0 saturated heterocycles. The Labute approximate surface area is 116 Å². The van der Waals surface area contributed by atoms with Gasteiger partial charge in [0.25, 0.3) is 0 Å². The van der Waals surface area contributed by atoms with Gasteiger partial charge in [-0.25, -0.2) is 4.68 Å². The number of hydrogen-bond acceptors (Lipinski definition) is 3. The van der Waals surface area contributed by atoms with Crippen LogP contribution >= 0.6 is 0 Å². The summed E-state index contributed by atoms with van der Waals surface area (Å²) < 4.78 is 1.58. The van der Waals surface area contributed by atoms with Gasteiger partial charge >= 0.3 is 0 Å². The molecule has 0 fully saturated rings. The summed E-state index contributed by atoms with van der Waals surface area (Å²) in [4.78, 5) is 11.8. The lowest BCUT2D eigenvalue weighted by Gasteiger charge is -2.14. The normalized spacial score (nSPS) is 12.4. The van der Waals surface area contributed by atoms with Crippen molar-refractivity contribution in [1.82, 2.24) is 15.0 Å². The van der Waals surface area contributed by atoms with Gasteiger partial charge in [-0.3, -0.25) is 4.79 Å². The van der Waals surface area contributed by atoms with Gasteiger partial charge in [0.2, 0.25) is 5.91 Å². The molecule has 20 heavy (non-hydrogen) atoms. The number of amides is 1. The van der Waals surface area contributed by atoms with Gasteiger partial charge in [0.05, 0.1) is 5.52 Å². The predicted octanol–water partition coefficient (Wildman–Crippen LogP) is 1.81. The Bertz CT molecular complexity index is 764. The summed E-state index contributed by atoms with van der Waals surface area (Å²) in [6.45, 7) is 1.99. The van der Waals surface area contributed by atoms with Gasteiger partial charge in [-0.1, -0.05) is 41.6 Å². The summed E-state index contributed by atoms with van der Waals surface area (Å²) in [5.74, 6) is -0.455. The second-order valence-corrected chi connectivity index (χ2v) is 4.74. The monoisotopic (exact) mass is 266 g/mol. The van der Waals surface area contributed by atoms with Crippen LogP contribution in [0.5, 0.6) is 0 Å². The summed E-state index contributed by atoms with van der Waals surface area (Å²) in [7, 11) is 0. The van der Waals surface area contributed by atoms with Crippen LogP contribution in [0.4, 0.5) is 0 Å². The maximum absolute atomic E-state index is 11.8. The average Bonchev–Trinajstić information content (AvgIpc) is 2.83. The van der Waals surface area contributed by atoms with E-state index in [0.29, 0.717) is 0 Å². The van der Waals surface area contributed by atoms with Crippen LogP contribution < -0.4 is 5.73 Å². The van der Waals surface area contributed by atoms with Crippen molar-refractivity contribution in [2.45, 2.75) is 13.0 Å². The summed E-state index contributed by atoms with van der Waals surface area (Å²) in [6.07, 6.45) is 0. The molecule has 2 N–H and O–H groups in total. The minimum Gasteiger partial charge on any atom is -0.368 e. The molecule has 1 atom stereocenters. The minimum absolute atomic E-state index is 0.455. The molecule has 3 rings (SSSR count). The van der Waals surface area contributed by atoms with Gasteiger partial charge in [-0.2, -0.15) is 0 Å². The third-order valence-electron chi connectivity index (χ3n) is 3.26. The Balaban J connectivity index is 2.18. The van der Waals surface area contributed by atoms with Crippen LogP contribution in [0.25, 0.3) is 11.0 Å². The first-order valence-electron chi connectivity index (χ1n) is 6.32. The van der Waals surface area contributed by atoms with Gasteiger partial charge in [-0.15, -0.1) is 5.10 Å². The fourth-order valence-electron chi connectivity index (χ4n) is 2.30. The van der Waals surface area contributed by atoms with Crippen LogP contribution in [-0.2, 0) is 4.79 Å². The third-order valence-corrected chi connectivity index (χ3v) is 3.26. The van der Waals surface area contributed by atoms with E-state index in [0.717, 1.165) is 22.2 Å². The number of nitrogens with zero attached hydrogens (tertiary/aromatic N) is 3. The topological polar surface area (TPSA) is 73.8 Å². The van der Waals surface area contributed by atoms with E-state index in [4.69, 9.17) is 5.73 Å². The molecule has 3 aromatic rings. The molecule has 5 heteroatoms. The Morgan fingerprint density at radius 2 is 1.95 bits per heavy atom. The largest absolute Gasteiger partial charge is 0.368 e. The van der Waals surface area contributed by atoms with Gasteiger partial charge in [0.1, 0.15) is 5.52 Å². The van der Waals surface area contributed by atoms with Gasteiger partial charge in [0, 0.05) is 0 Å². The number of rotatable bonds is 3. The molecule has 0 radical (unpaired) electrons. The van der Waals surface area contributed by atoms with E-state index in [1.807, 2.05) is 55.5 Å². The molecular weight excluding hydrogens is 252 g/mol. The number of benzene rings is 2. The molecule has 100 valence electrons. The predicted molar refractivity (Wildman–Crippen MR) is 76.0 cm³/mol. The summed E-state index contributed by atoms with van der Waals surface area (Å²) in [5.41, 5.74) is 9.00. The third kappa shape index (κ3) is 2.03. The SMILES string of the molecule is Cc1ccc2c(c1)nnn2[C@H](C(N)=O)c1ccccc1. The van der Waals surface area contributed by atoms with Gasteiger partial charge in [-0.05, 0) is 30.2 Å². The van der Waals surface area contributed by atoms with Crippen molar-refractivity contribution in [3.05, 3.63) is 59.7 Å². The zero-order chi connectivity index (χ0) is 14.1. The van der Waals surface area contributed by atoms with Crippen LogP contribution in [0.2, 0.25) is 0 Å². The van der Waals surface area contributed by atoms with Crippen LogP contribution in [0.1, 0.15) is 17.2 Å². The van der Waals surface area contributed by atoms with Crippen molar-refractivity contribution >= 4 is 16.9 Å². The van der Waals surface area contributed by atoms with E-state index < -0.39 is 11.9 Å². The van der Waals surface area contributed by atoms with Crippen molar-refractivity contribution < 1.29 is 4.79 Å². The zero-order valence-electron chi connectivity index (χ0n) is 11.0. The highest BCUT2D eigenvalue weighted by molar-refractivity contribution is 5.84. The lowest BCUT2D eigenvalue weighted by Crippen LogP contribution is -2.28. The zero-order valence-corrected chi connectivity index (χ0v) is 11.0. The quantitative estimate of drug-likeness (QED) is 0.785. The molecule has 0 bridgehead atoms. The summed E-state index contributed by atoms with van der Waals surface area (Å²) in [6, 6.07) is 14.5. The van der Waals surface area contributed by atoms with Crippen molar-refractivity contribution in [2.24, 2.45) is 5.73 Å². The summed E-state index contributed by atoms with van der Waals surface area (Å²) in [5, 5.41) is 8.21. The lowest BCUT2D eigenvalue weighted by molar-refractivity contribution is -0.120. The maximum atomic E-state index is 11.8. The Morgan fingerprint density at radius 3 is 2.65 bits per heavy atom. The lowest BCUT2D eigenvalue weighted by atomic mass is 10.1. The molecule has 5 nitrogen and oxygen atoms in total. The smallest absolute Gasteiger partial charge is 0.246 e. The molecule has 1 amide bonds. The number of aromatic nitrogens is 3. The molecule has 0 spiro atoms. The first-order valence-corrected chi connectivity index (χ1v) is 6.32. The van der Waals surface area contributed by atoms with Crippen molar-refractivity contribution in [1.29, 1.82) is 0 Å². The number of fused-ring (bicyclic) bond motifs is 1. The van der Waals surface area contributed by atoms with E-state index in [-0.39, 0.29) is 0 Å². The molecule has 0 aliphatic carbocycles. The fourth-order valence-corrected chi connectivity index (χ4v) is 2.30. The van der Waals surface area contributed by atoms with E-state index in [9.17, 15) is 4.79 Å². The fraction of sp³-hybridized carbons (Fsp3) is 0.133. The van der Waals surface area contributed by atoms with E-state index in [1.54, 1.807) is 4.68 Å². The van der Waals surface area contributed by atoms with E-state index in [2.05, 4.69) is 10.3 Å². The molecule has 0 saturated carbocycles. The van der Waals surface area contributed by atoms with Gasteiger partial charge < -0.3 is 5.73 Å². The first-order chi connectivity index (χ1) is 9.66. The first kappa shape index (κ1) is 12.3. The molecule has 0 aliphatic heterocycles. The molecule has 0 aliphatic rings. The standard InChI is InChI=1S/C15H14N4O/c1-10-7-8-13-12(9-10)17-18-19(13)14(15(16)20)11-5-3-2-4-6-11/h2-9,14H,1H3,(H2,16,20)/t14-/m0/s1. The number of carbonyl (C=O) groups is 1. The van der Waals surface area contributed by atoms with Crippen LogP contribution in [-0.4, -0.2) is 20.9 Å². The highest BCUT2D eigenvalue weighted by Crippen LogP contribution is 2.22. The number of nitrogens with two attached hydrogens (primary N) is 1. The van der Waals surface area contributed by atoms with E-state index in [1.165, 1.54) is 0 Å². The van der Waals surface area contributed by atoms with Crippen molar-refractivity contribution in [2.75, 3.05) is 0 Å². The summed E-state index contributed by atoms with van der Waals surface area (Å²) >= 11 is 0. The Kier molecular flexibility index (Phi) is 2.95. The highest BCUT2D eigenvalue weighted by Gasteiger charge is 2.23. The second kappa shape index (κ2) is 4.77. The second-order valence-electron chi connectivity index (χ2n) is 4.74. The van der Waals surface area contributed by atoms with E-state index >= 15 is 0 Å². The Morgan fingerprint density at radius 1 is 1.20 bits per heavy atom. The van der Waals surface area contributed by atoms with Crippen molar-refractivity contribution in [3.63, 3.8) is 0 Å². The molecular formula is C15H14N4O. The van der Waals surface area contributed by atoms with Crippen LogP contribution in [0.15, 0.2) is 48.5 Å². The molecule has 0 unspecified atom stereocenters. The molecule has 1 aromatic heterocycles. The molecule has 1 heterocycles.